The monoisotopic (exact) mass is 154 g/mol. The molecule has 0 bridgehead atoms. The summed E-state index contributed by atoms with van der Waals surface area (Å²) in [6.45, 7) is 1.09. The topological polar surface area (TPSA) is 44.2 Å². The van der Waals surface area contributed by atoms with Crippen molar-refractivity contribution in [1.82, 2.24) is 9.97 Å². The van der Waals surface area contributed by atoms with Crippen LogP contribution in [-0.2, 0) is 4.74 Å². The van der Waals surface area contributed by atoms with Crippen LogP contribution in [0, 0.1) is 0 Å². The molecule has 0 N–H and O–H groups in total. The smallest absolute Gasteiger partial charge is 0.216 e. The summed E-state index contributed by atoms with van der Waals surface area (Å²) in [6, 6.07) is 1.70. The van der Waals surface area contributed by atoms with Gasteiger partial charge < -0.3 is 9.47 Å². The lowest BCUT2D eigenvalue weighted by Crippen LogP contribution is -2.05. The van der Waals surface area contributed by atoms with E-state index in [0.717, 1.165) is 0 Å². The molecule has 0 radical (unpaired) electrons. The number of methoxy groups -OCH3 is 1. The Labute approximate surface area is 65.2 Å². The molecule has 0 aliphatic heterocycles. The van der Waals surface area contributed by atoms with Gasteiger partial charge in [-0.15, -0.1) is 0 Å². The maximum absolute atomic E-state index is 5.17. The van der Waals surface area contributed by atoms with E-state index in [2.05, 4.69) is 9.97 Å². The van der Waals surface area contributed by atoms with Crippen LogP contribution in [0.25, 0.3) is 0 Å². The van der Waals surface area contributed by atoms with E-state index in [1.54, 1.807) is 19.4 Å². The summed E-state index contributed by atoms with van der Waals surface area (Å²) in [7, 11) is 1.63. The fraction of sp³-hybridized carbons (Fsp3) is 0.429. The Bertz CT molecular complexity index is 191. The molecule has 0 saturated heterocycles. The average molecular weight is 154 g/mol. The van der Waals surface area contributed by atoms with Crippen LogP contribution in [0.5, 0.6) is 5.88 Å². The Morgan fingerprint density at radius 3 is 3.00 bits per heavy atom. The Morgan fingerprint density at radius 1 is 1.45 bits per heavy atom. The lowest BCUT2D eigenvalue weighted by molar-refractivity contribution is 0.143. The molecule has 1 heterocycles. The first-order valence-corrected chi connectivity index (χ1v) is 3.31. The molecule has 0 aliphatic rings. The lowest BCUT2D eigenvalue weighted by Gasteiger charge is -2.01. The van der Waals surface area contributed by atoms with Crippen LogP contribution in [0.15, 0.2) is 18.6 Å². The van der Waals surface area contributed by atoms with Crippen LogP contribution in [0.1, 0.15) is 0 Å². The van der Waals surface area contributed by atoms with E-state index < -0.39 is 0 Å². The van der Waals surface area contributed by atoms with Crippen molar-refractivity contribution in [3.05, 3.63) is 18.6 Å². The molecular formula is C7H10N2O2. The van der Waals surface area contributed by atoms with Crippen LogP contribution in [0.3, 0.4) is 0 Å². The summed E-state index contributed by atoms with van der Waals surface area (Å²) >= 11 is 0. The van der Waals surface area contributed by atoms with Crippen LogP contribution in [0.4, 0.5) is 0 Å². The highest BCUT2D eigenvalue weighted by Gasteiger charge is 1.90. The van der Waals surface area contributed by atoms with E-state index in [9.17, 15) is 0 Å². The number of hydrogen-bond acceptors (Lipinski definition) is 4. The van der Waals surface area contributed by atoms with Gasteiger partial charge in [-0.25, -0.2) is 9.97 Å². The second-order valence-electron chi connectivity index (χ2n) is 1.89. The van der Waals surface area contributed by atoms with E-state index >= 15 is 0 Å². The number of rotatable bonds is 4. The van der Waals surface area contributed by atoms with Gasteiger partial charge in [0.05, 0.1) is 6.61 Å². The van der Waals surface area contributed by atoms with Crippen molar-refractivity contribution < 1.29 is 9.47 Å². The van der Waals surface area contributed by atoms with Crippen molar-refractivity contribution in [2.75, 3.05) is 20.3 Å². The molecule has 0 amide bonds. The minimum atomic E-state index is 0.521. The van der Waals surface area contributed by atoms with Crippen molar-refractivity contribution in [2.24, 2.45) is 0 Å². The molecule has 0 spiro atoms. The Balaban J connectivity index is 2.28. The minimum Gasteiger partial charge on any atom is -0.475 e. The van der Waals surface area contributed by atoms with Gasteiger partial charge in [-0.05, 0) is 0 Å². The van der Waals surface area contributed by atoms with Gasteiger partial charge in [0, 0.05) is 19.4 Å². The molecule has 0 fully saturated rings. The van der Waals surface area contributed by atoms with E-state index in [-0.39, 0.29) is 0 Å². The second kappa shape index (κ2) is 4.62. The number of nitrogens with zero attached hydrogens (tertiary/aromatic N) is 2. The van der Waals surface area contributed by atoms with Crippen LogP contribution < -0.4 is 4.74 Å². The van der Waals surface area contributed by atoms with Crippen LogP contribution >= 0.6 is 0 Å². The molecule has 11 heavy (non-hydrogen) atoms. The molecular weight excluding hydrogens is 144 g/mol. The van der Waals surface area contributed by atoms with Gasteiger partial charge in [0.15, 0.2) is 0 Å². The molecule has 4 nitrogen and oxygen atoms in total. The largest absolute Gasteiger partial charge is 0.475 e. The van der Waals surface area contributed by atoms with Crippen molar-refractivity contribution in [2.45, 2.75) is 0 Å². The van der Waals surface area contributed by atoms with E-state index in [1.807, 2.05) is 0 Å². The second-order valence-corrected chi connectivity index (χ2v) is 1.89. The third-order valence-electron chi connectivity index (χ3n) is 1.09. The van der Waals surface area contributed by atoms with Crippen molar-refractivity contribution >= 4 is 0 Å². The van der Waals surface area contributed by atoms with Gasteiger partial charge in [-0.2, -0.15) is 0 Å². The van der Waals surface area contributed by atoms with Gasteiger partial charge in [-0.1, -0.05) is 0 Å². The zero-order chi connectivity index (χ0) is 7.94. The van der Waals surface area contributed by atoms with Gasteiger partial charge in [0.25, 0.3) is 0 Å². The maximum Gasteiger partial charge on any atom is 0.216 e. The molecule has 0 saturated carbocycles. The summed E-state index contributed by atoms with van der Waals surface area (Å²) in [5.41, 5.74) is 0. The third-order valence-corrected chi connectivity index (χ3v) is 1.09. The molecule has 1 aromatic rings. The van der Waals surface area contributed by atoms with E-state index in [0.29, 0.717) is 19.1 Å². The van der Waals surface area contributed by atoms with Gasteiger partial charge in [0.2, 0.25) is 5.88 Å². The molecule has 1 rings (SSSR count). The fourth-order valence-corrected chi connectivity index (χ4v) is 0.594. The van der Waals surface area contributed by atoms with E-state index in [1.165, 1.54) is 6.33 Å². The summed E-state index contributed by atoms with van der Waals surface area (Å²) in [5, 5.41) is 0. The SMILES string of the molecule is COCCOc1ccncn1. The summed E-state index contributed by atoms with van der Waals surface area (Å²) in [5.74, 6) is 0.581. The predicted molar refractivity (Wildman–Crippen MR) is 39.4 cm³/mol. The third kappa shape index (κ3) is 2.95. The number of aromatic nitrogens is 2. The molecule has 0 atom stereocenters. The van der Waals surface area contributed by atoms with Gasteiger partial charge in [-0.3, -0.25) is 0 Å². The predicted octanol–water partition coefficient (Wildman–Crippen LogP) is 0.502. The van der Waals surface area contributed by atoms with Crippen LogP contribution in [-0.4, -0.2) is 30.3 Å². The van der Waals surface area contributed by atoms with E-state index in [4.69, 9.17) is 9.47 Å². The normalized spacial score (nSPS) is 9.55. The Kier molecular flexibility index (Phi) is 3.34. The maximum atomic E-state index is 5.17. The minimum absolute atomic E-state index is 0.521. The number of hydrogen-bond donors (Lipinski definition) is 0. The first kappa shape index (κ1) is 7.94. The Morgan fingerprint density at radius 2 is 2.36 bits per heavy atom. The molecule has 0 aromatic carbocycles. The first-order valence-electron chi connectivity index (χ1n) is 3.31. The highest BCUT2D eigenvalue weighted by molar-refractivity contribution is 5.03. The summed E-state index contributed by atoms with van der Waals surface area (Å²) in [6.07, 6.45) is 3.08. The van der Waals surface area contributed by atoms with Crippen molar-refractivity contribution in [1.29, 1.82) is 0 Å². The summed E-state index contributed by atoms with van der Waals surface area (Å²) < 4.78 is 9.97. The van der Waals surface area contributed by atoms with Crippen LogP contribution in [0.2, 0.25) is 0 Å². The zero-order valence-electron chi connectivity index (χ0n) is 6.36. The number of ether oxygens (including phenoxy) is 2. The standard InChI is InChI=1S/C7H10N2O2/c1-10-4-5-11-7-2-3-8-6-9-7/h2-3,6H,4-5H2,1H3. The molecule has 60 valence electrons. The zero-order valence-corrected chi connectivity index (χ0v) is 6.36. The molecule has 0 unspecified atom stereocenters. The van der Waals surface area contributed by atoms with Crippen molar-refractivity contribution in [3.63, 3.8) is 0 Å². The quantitative estimate of drug-likeness (QED) is 0.592. The highest BCUT2D eigenvalue weighted by Crippen LogP contribution is 2.00. The molecule has 4 heteroatoms. The lowest BCUT2D eigenvalue weighted by atomic mass is 10.6. The Hall–Kier alpha value is -1.16. The fourth-order valence-electron chi connectivity index (χ4n) is 0.594. The first-order chi connectivity index (χ1) is 5.43. The highest BCUT2D eigenvalue weighted by atomic mass is 16.5. The van der Waals surface area contributed by atoms with Gasteiger partial charge >= 0.3 is 0 Å². The van der Waals surface area contributed by atoms with Gasteiger partial charge in [0.1, 0.15) is 12.9 Å². The van der Waals surface area contributed by atoms with Crippen molar-refractivity contribution in [3.8, 4) is 5.88 Å². The molecule has 0 aliphatic carbocycles. The average Bonchev–Trinajstić information content (AvgIpc) is 2.07. The summed E-state index contributed by atoms with van der Waals surface area (Å²) in [4.78, 5) is 7.61. The molecule has 1 aromatic heterocycles.